The van der Waals surface area contributed by atoms with Crippen LogP contribution in [0, 0.1) is 5.41 Å². The molecule has 0 radical (unpaired) electrons. The molecule has 0 aliphatic carbocycles. The van der Waals surface area contributed by atoms with Gasteiger partial charge in [-0.2, -0.15) is 0 Å². The SMILES string of the molecule is CCCN(CCC(=O)NC(=O)NC)CC(C)(C)CN. The van der Waals surface area contributed by atoms with Crippen LogP contribution in [0.2, 0.25) is 0 Å². The first-order chi connectivity index (χ1) is 8.84. The fourth-order valence-electron chi connectivity index (χ4n) is 1.77. The van der Waals surface area contributed by atoms with Crippen LogP contribution in [0.5, 0.6) is 0 Å². The molecule has 0 fully saturated rings. The van der Waals surface area contributed by atoms with Crippen LogP contribution in [0.3, 0.4) is 0 Å². The van der Waals surface area contributed by atoms with Gasteiger partial charge in [-0.1, -0.05) is 20.8 Å². The Balaban J connectivity index is 4.21. The van der Waals surface area contributed by atoms with Gasteiger partial charge in [0.15, 0.2) is 0 Å². The van der Waals surface area contributed by atoms with E-state index >= 15 is 0 Å². The van der Waals surface area contributed by atoms with E-state index in [9.17, 15) is 9.59 Å². The van der Waals surface area contributed by atoms with Gasteiger partial charge in [0.25, 0.3) is 0 Å². The van der Waals surface area contributed by atoms with E-state index in [-0.39, 0.29) is 11.3 Å². The van der Waals surface area contributed by atoms with Crippen molar-refractivity contribution in [2.75, 3.05) is 33.2 Å². The Morgan fingerprint density at radius 3 is 2.37 bits per heavy atom. The molecule has 0 unspecified atom stereocenters. The van der Waals surface area contributed by atoms with Crippen LogP contribution in [-0.2, 0) is 4.79 Å². The average Bonchev–Trinajstić information content (AvgIpc) is 2.35. The lowest BCUT2D eigenvalue weighted by molar-refractivity contribution is -0.120. The summed E-state index contributed by atoms with van der Waals surface area (Å²) in [7, 11) is 1.48. The monoisotopic (exact) mass is 272 g/mol. The summed E-state index contributed by atoms with van der Waals surface area (Å²) in [4.78, 5) is 24.7. The first kappa shape index (κ1) is 17.9. The Morgan fingerprint density at radius 1 is 1.26 bits per heavy atom. The van der Waals surface area contributed by atoms with Crippen molar-refractivity contribution < 1.29 is 9.59 Å². The maximum atomic E-state index is 11.5. The van der Waals surface area contributed by atoms with Crippen molar-refractivity contribution in [1.29, 1.82) is 0 Å². The van der Waals surface area contributed by atoms with Gasteiger partial charge >= 0.3 is 6.03 Å². The van der Waals surface area contributed by atoms with Gasteiger partial charge in [0.2, 0.25) is 5.91 Å². The highest BCUT2D eigenvalue weighted by molar-refractivity contribution is 5.94. The minimum absolute atomic E-state index is 0.0342. The molecule has 112 valence electrons. The Bertz CT molecular complexity index is 292. The van der Waals surface area contributed by atoms with Crippen molar-refractivity contribution >= 4 is 11.9 Å². The Morgan fingerprint density at radius 2 is 1.89 bits per heavy atom. The van der Waals surface area contributed by atoms with Crippen LogP contribution in [0.1, 0.15) is 33.6 Å². The standard InChI is InChI=1S/C13H28N4O2/c1-5-7-17(10-13(2,3)9-14)8-6-11(18)16-12(19)15-4/h5-10,14H2,1-4H3,(H2,15,16,18,19). The molecular weight excluding hydrogens is 244 g/mol. The number of rotatable bonds is 8. The van der Waals surface area contributed by atoms with Crippen LogP contribution in [0.25, 0.3) is 0 Å². The Kier molecular flexibility index (Phi) is 8.34. The van der Waals surface area contributed by atoms with Crippen molar-refractivity contribution in [2.24, 2.45) is 11.1 Å². The predicted octanol–water partition coefficient (Wildman–Crippen LogP) is 0.529. The van der Waals surface area contributed by atoms with Gasteiger partial charge in [-0.25, -0.2) is 4.79 Å². The largest absolute Gasteiger partial charge is 0.341 e. The van der Waals surface area contributed by atoms with Crippen molar-refractivity contribution in [3.8, 4) is 0 Å². The summed E-state index contributed by atoms with van der Waals surface area (Å²) in [5.41, 5.74) is 5.77. The maximum absolute atomic E-state index is 11.5. The van der Waals surface area contributed by atoms with Crippen molar-refractivity contribution in [2.45, 2.75) is 33.6 Å². The second kappa shape index (κ2) is 8.87. The minimum atomic E-state index is -0.464. The van der Waals surface area contributed by atoms with E-state index in [0.717, 1.165) is 19.5 Å². The third kappa shape index (κ3) is 8.56. The molecule has 6 heteroatoms. The highest BCUT2D eigenvalue weighted by atomic mass is 16.2. The predicted molar refractivity (Wildman–Crippen MR) is 76.8 cm³/mol. The summed E-state index contributed by atoms with van der Waals surface area (Å²) < 4.78 is 0. The van der Waals surface area contributed by atoms with E-state index < -0.39 is 6.03 Å². The highest BCUT2D eigenvalue weighted by Gasteiger charge is 2.20. The number of amides is 3. The van der Waals surface area contributed by atoms with Crippen molar-refractivity contribution in [3.05, 3.63) is 0 Å². The summed E-state index contributed by atoms with van der Waals surface area (Å²) in [5, 5.41) is 4.62. The highest BCUT2D eigenvalue weighted by Crippen LogP contribution is 2.15. The molecule has 0 aliphatic rings. The molecule has 19 heavy (non-hydrogen) atoms. The number of nitrogens with one attached hydrogen (secondary N) is 2. The fraction of sp³-hybridized carbons (Fsp3) is 0.846. The van der Waals surface area contributed by atoms with Gasteiger partial charge in [-0.15, -0.1) is 0 Å². The number of hydrogen-bond donors (Lipinski definition) is 3. The van der Waals surface area contributed by atoms with Gasteiger partial charge in [0.1, 0.15) is 0 Å². The van der Waals surface area contributed by atoms with Crippen molar-refractivity contribution in [1.82, 2.24) is 15.5 Å². The molecule has 0 aromatic rings. The van der Waals surface area contributed by atoms with E-state index in [0.29, 0.717) is 19.5 Å². The zero-order valence-electron chi connectivity index (χ0n) is 12.6. The van der Waals surface area contributed by atoms with E-state index in [1.807, 2.05) is 0 Å². The smallest absolute Gasteiger partial charge is 0.321 e. The van der Waals surface area contributed by atoms with Crippen LogP contribution in [0.4, 0.5) is 4.79 Å². The molecule has 0 saturated heterocycles. The number of imide groups is 1. The summed E-state index contributed by atoms with van der Waals surface area (Å²) in [6.45, 7) is 9.35. The summed E-state index contributed by atoms with van der Waals surface area (Å²) in [5.74, 6) is -0.258. The third-order valence-electron chi connectivity index (χ3n) is 2.88. The van der Waals surface area contributed by atoms with Gasteiger partial charge in [-0.05, 0) is 24.9 Å². The molecule has 0 bridgehead atoms. The van der Waals surface area contributed by atoms with Crippen molar-refractivity contribution in [3.63, 3.8) is 0 Å². The topological polar surface area (TPSA) is 87.5 Å². The number of nitrogens with zero attached hydrogens (tertiary/aromatic N) is 1. The first-order valence-corrected chi connectivity index (χ1v) is 6.78. The number of carbonyl (C=O) groups is 2. The van der Waals surface area contributed by atoms with E-state index in [1.165, 1.54) is 7.05 Å². The lowest BCUT2D eigenvalue weighted by atomic mass is 9.93. The van der Waals surface area contributed by atoms with Gasteiger partial charge in [-0.3, -0.25) is 10.1 Å². The van der Waals surface area contributed by atoms with Gasteiger partial charge in [0, 0.05) is 26.6 Å². The Labute approximate surface area is 116 Å². The molecule has 0 aromatic carbocycles. The maximum Gasteiger partial charge on any atom is 0.321 e. The molecule has 3 amide bonds. The third-order valence-corrected chi connectivity index (χ3v) is 2.88. The normalized spacial score (nSPS) is 11.5. The number of nitrogens with two attached hydrogens (primary N) is 1. The molecule has 6 nitrogen and oxygen atoms in total. The van der Waals surface area contributed by atoms with E-state index in [4.69, 9.17) is 5.73 Å². The summed E-state index contributed by atoms with van der Waals surface area (Å²) in [6, 6.07) is -0.464. The molecule has 0 aliphatic heterocycles. The fourth-order valence-corrected chi connectivity index (χ4v) is 1.77. The number of urea groups is 1. The molecule has 0 rings (SSSR count). The van der Waals surface area contributed by atoms with E-state index in [2.05, 4.69) is 36.3 Å². The minimum Gasteiger partial charge on any atom is -0.341 e. The zero-order chi connectivity index (χ0) is 14.9. The molecular formula is C13H28N4O2. The summed E-state index contributed by atoms with van der Waals surface area (Å²) in [6.07, 6.45) is 1.34. The molecule has 0 aromatic heterocycles. The van der Waals surface area contributed by atoms with Crippen LogP contribution in [-0.4, -0.2) is 50.1 Å². The second-order valence-electron chi connectivity index (χ2n) is 5.52. The van der Waals surface area contributed by atoms with Gasteiger partial charge < -0.3 is 16.0 Å². The Hall–Kier alpha value is -1.14. The molecule has 4 N–H and O–H groups in total. The van der Waals surface area contributed by atoms with Crippen LogP contribution in [0.15, 0.2) is 0 Å². The molecule has 0 spiro atoms. The second-order valence-corrected chi connectivity index (χ2v) is 5.52. The van der Waals surface area contributed by atoms with Gasteiger partial charge in [0.05, 0.1) is 0 Å². The van der Waals surface area contributed by atoms with Crippen LogP contribution < -0.4 is 16.4 Å². The lowest BCUT2D eigenvalue weighted by Crippen LogP contribution is -2.42. The molecule has 0 atom stereocenters. The first-order valence-electron chi connectivity index (χ1n) is 6.78. The number of carbonyl (C=O) groups excluding carboxylic acids is 2. The quantitative estimate of drug-likeness (QED) is 0.601. The molecule has 0 heterocycles. The average molecular weight is 272 g/mol. The van der Waals surface area contributed by atoms with Crippen LogP contribution >= 0.6 is 0 Å². The lowest BCUT2D eigenvalue weighted by Gasteiger charge is -2.31. The van der Waals surface area contributed by atoms with E-state index in [1.54, 1.807) is 0 Å². The molecule has 0 saturated carbocycles. The summed E-state index contributed by atoms with van der Waals surface area (Å²) >= 11 is 0. The number of hydrogen-bond acceptors (Lipinski definition) is 4. The zero-order valence-corrected chi connectivity index (χ0v) is 12.6.